The van der Waals surface area contributed by atoms with E-state index in [1.54, 1.807) is 0 Å². The van der Waals surface area contributed by atoms with Crippen molar-refractivity contribution in [2.24, 2.45) is 0 Å². The first kappa shape index (κ1) is 20.2. The number of likely N-dealkylation sites (tertiary alicyclic amines) is 1. The molecule has 0 radical (unpaired) electrons. The number of ether oxygens (including phenoxy) is 1. The number of rotatable bonds is 8. The van der Waals surface area contributed by atoms with Crippen molar-refractivity contribution in [2.75, 3.05) is 19.7 Å². The Kier molecular flexibility index (Phi) is 6.78. The van der Waals surface area contributed by atoms with Gasteiger partial charge in [-0.1, -0.05) is 72.8 Å². The van der Waals surface area contributed by atoms with Crippen LogP contribution in [0.25, 0.3) is 11.1 Å². The molecule has 1 amide bonds. The summed E-state index contributed by atoms with van der Waals surface area (Å²) < 4.78 is 5.86. The molecule has 1 saturated heterocycles. The van der Waals surface area contributed by atoms with Crippen molar-refractivity contribution in [3.8, 4) is 16.9 Å². The highest BCUT2D eigenvalue weighted by molar-refractivity contribution is 5.78. The zero-order valence-electron chi connectivity index (χ0n) is 17.2. The average Bonchev–Trinajstić information content (AvgIpc) is 3.31. The monoisotopic (exact) mass is 400 g/mol. The zero-order valence-corrected chi connectivity index (χ0v) is 17.2. The summed E-state index contributed by atoms with van der Waals surface area (Å²) in [6.45, 7) is 3.79. The number of amides is 1. The summed E-state index contributed by atoms with van der Waals surface area (Å²) in [4.78, 5) is 14.9. The number of hydrogen-bond donors (Lipinski definition) is 1. The molecular formula is C26H28N2O2. The van der Waals surface area contributed by atoms with Crippen LogP contribution in [0.15, 0.2) is 78.9 Å². The minimum absolute atomic E-state index is 0.00185. The third-order valence-corrected chi connectivity index (χ3v) is 5.52. The number of benzene rings is 3. The zero-order chi connectivity index (χ0) is 20.6. The molecule has 1 aliphatic rings. The molecule has 4 rings (SSSR count). The summed E-state index contributed by atoms with van der Waals surface area (Å²) >= 11 is 0. The fraction of sp³-hybridized carbons (Fsp3) is 0.269. The first-order valence-corrected chi connectivity index (χ1v) is 10.6. The van der Waals surface area contributed by atoms with Crippen molar-refractivity contribution < 1.29 is 9.53 Å². The second-order valence-electron chi connectivity index (χ2n) is 7.68. The first-order chi connectivity index (χ1) is 14.8. The maximum atomic E-state index is 12.4. The van der Waals surface area contributed by atoms with Crippen LogP contribution >= 0.6 is 0 Å². The highest BCUT2D eigenvalue weighted by Crippen LogP contribution is 2.29. The van der Waals surface area contributed by atoms with Gasteiger partial charge in [0, 0.05) is 18.7 Å². The third kappa shape index (κ3) is 5.28. The summed E-state index contributed by atoms with van der Waals surface area (Å²) in [5, 5.41) is 3.01. The van der Waals surface area contributed by atoms with Crippen molar-refractivity contribution in [1.82, 2.24) is 10.2 Å². The molecule has 0 unspecified atom stereocenters. The molecular weight excluding hydrogens is 372 g/mol. The Labute approximate surface area is 178 Å². The third-order valence-electron chi connectivity index (χ3n) is 5.52. The Balaban J connectivity index is 1.34. The van der Waals surface area contributed by atoms with Gasteiger partial charge in [-0.05, 0) is 48.7 Å². The molecule has 0 saturated carbocycles. The highest BCUT2D eigenvalue weighted by atomic mass is 16.5. The SMILES string of the molecule is O=C(COc1ccccc1-c1ccccc1)NCc1ccccc1CN1CCCC1. The van der Waals surface area contributed by atoms with Gasteiger partial charge in [0.2, 0.25) is 0 Å². The van der Waals surface area contributed by atoms with Crippen LogP contribution in [0.2, 0.25) is 0 Å². The number of para-hydroxylation sites is 1. The van der Waals surface area contributed by atoms with Gasteiger partial charge < -0.3 is 10.1 Å². The fourth-order valence-corrected chi connectivity index (χ4v) is 3.90. The quantitative estimate of drug-likeness (QED) is 0.599. The lowest BCUT2D eigenvalue weighted by molar-refractivity contribution is -0.123. The molecule has 0 aliphatic carbocycles. The first-order valence-electron chi connectivity index (χ1n) is 10.6. The van der Waals surface area contributed by atoms with Crippen molar-refractivity contribution in [1.29, 1.82) is 0 Å². The van der Waals surface area contributed by atoms with E-state index in [9.17, 15) is 4.79 Å². The standard InChI is InChI=1S/C26H28N2O2/c29-26(20-30-25-15-7-6-14-24(25)21-10-2-1-3-11-21)27-18-22-12-4-5-13-23(22)19-28-16-8-9-17-28/h1-7,10-15H,8-9,16-20H2,(H,27,29). The predicted octanol–water partition coefficient (Wildman–Crippen LogP) is 4.64. The van der Waals surface area contributed by atoms with E-state index in [1.165, 1.54) is 24.0 Å². The molecule has 3 aromatic carbocycles. The van der Waals surface area contributed by atoms with Gasteiger partial charge in [0.15, 0.2) is 6.61 Å². The van der Waals surface area contributed by atoms with Gasteiger partial charge in [0.1, 0.15) is 5.75 Å². The molecule has 0 spiro atoms. The van der Waals surface area contributed by atoms with Gasteiger partial charge in [0.25, 0.3) is 5.91 Å². The van der Waals surface area contributed by atoms with E-state index in [2.05, 4.69) is 28.4 Å². The van der Waals surface area contributed by atoms with Crippen LogP contribution in [0, 0.1) is 0 Å². The van der Waals surface area contributed by atoms with E-state index in [0.717, 1.165) is 30.8 Å². The second kappa shape index (κ2) is 10.1. The van der Waals surface area contributed by atoms with E-state index in [1.807, 2.05) is 60.7 Å². The lowest BCUT2D eigenvalue weighted by Crippen LogP contribution is -2.29. The van der Waals surface area contributed by atoms with Crippen molar-refractivity contribution in [2.45, 2.75) is 25.9 Å². The minimum atomic E-state index is -0.117. The maximum absolute atomic E-state index is 12.4. The molecule has 4 nitrogen and oxygen atoms in total. The van der Waals surface area contributed by atoms with Crippen LogP contribution in [-0.2, 0) is 17.9 Å². The molecule has 4 heteroatoms. The number of hydrogen-bond acceptors (Lipinski definition) is 3. The summed E-state index contributed by atoms with van der Waals surface area (Å²) in [5.74, 6) is 0.599. The Morgan fingerprint density at radius 1 is 0.833 bits per heavy atom. The molecule has 1 N–H and O–H groups in total. The van der Waals surface area contributed by atoms with E-state index in [4.69, 9.17) is 4.74 Å². The normalized spacial score (nSPS) is 13.9. The van der Waals surface area contributed by atoms with E-state index in [0.29, 0.717) is 12.3 Å². The summed E-state index contributed by atoms with van der Waals surface area (Å²) in [7, 11) is 0. The molecule has 0 atom stereocenters. The number of nitrogens with one attached hydrogen (secondary N) is 1. The molecule has 0 aromatic heterocycles. The summed E-state index contributed by atoms with van der Waals surface area (Å²) in [6.07, 6.45) is 2.56. The fourth-order valence-electron chi connectivity index (χ4n) is 3.90. The van der Waals surface area contributed by atoms with E-state index >= 15 is 0 Å². The lowest BCUT2D eigenvalue weighted by atomic mass is 10.1. The van der Waals surface area contributed by atoms with Gasteiger partial charge in [0.05, 0.1) is 0 Å². The molecule has 1 fully saturated rings. The molecule has 1 aliphatic heterocycles. The van der Waals surface area contributed by atoms with Crippen molar-refractivity contribution in [3.05, 3.63) is 90.0 Å². The smallest absolute Gasteiger partial charge is 0.258 e. The van der Waals surface area contributed by atoms with Crippen LogP contribution in [0.4, 0.5) is 0 Å². The topological polar surface area (TPSA) is 41.6 Å². The second-order valence-corrected chi connectivity index (χ2v) is 7.68. The van der Waals surface area contributed by atoms with Gasteiger partial charge in [-0.3, -0.25) is 9.69 Å². The highest BCUT2D eigenvalue weighted by Gasteiger charge is 2.14. The van der Waals surface area contributed by atoms with Crippen LogP contribution < -0.4 is 10.1 Å². The number of carbonyl (C=O) groups excluding carboxylic acids is 1. The van der Waals surface area contributed by atoms with Crippen LogP contribution in [0.3, 0.4) is 0 Å². The number of carbonyl (C=O) groups is 1. The van der Waals surface area contributed by atoms with E-state index in [-0.39, 0.29) is 12.5 Å². The molecule has 3 aromatic rings. The van der Waals surface area contributed by atoms with Crippen LogP contribution in [0.1, 0.15) is 24.0 Å². The Hall–Kier alpha value is -3.11. The molecule has 0 bridgehead atoms. The molecule has 30 heavy (non-hydrogen) atoms. The summed E-state index contributed by atoms with van der Waals surface area (Å²) in [5.41, 5.74) is 4.52. The Morgan fingerprint density at radius 3 is 2.30 bits per heavy atom. The molecule has 154 valence electrons. The minimum Gasteiger partial charge on any atom is -0.483 e. The Bertz CT molecular complexity index is 966. The van der Waals surface area contributed by atoms with Crippen molar-refractivity contribution >= 4 is 5.91 Å². The van der Waals surface area contributed by atoms with Gasteiger partial charge >= 0.3 is 0 Å². The van der Waals surface area contributed by atoms with Gasteiger partial charge in [-0.2, -0.15) is 0 Å². The van der Waals surface area contributed by atoms with Crippen molar-refractivity contribution in [3.63, 3.8) is 0 Å². The summed E-state index contributed by atoms with van der Waals surface area (Å²) in [6, 6.07) is 26.2. The Morgan fingerprint density at radius 2 is 1.50 bits per heavy atom. The van der Waals surface area contributed by atoms with Crippen LogP contribution in [-0.4, -0.2) is 30.5 Å². The molecule has 1 heterocycles. The lowest BCUT2D eigenvalue weighted by Gasteiger charge is -2.18. The number of nitrogens with zero attached hydrogens (tertiary/aromatic N) is 1. The van der Waals surface area contributed by atoms with E-state index < -0.39 is 0 Å². The van der Waals surface area contributed by atoms with Gasteiger partial charge in [-0.25, -0.2) is 0 Å². The predicted molar refractivity (Wildman–Crippen MR) is 120 cm³/mol. The average molecular weight is 401 g/mol. The van der Waals surface area contributed by atoms with Crippen LogP contribution in [0.5, 0.6) is 5.75 Å². The van der Waals surface area contributed by atoms with Gasteiger partial charge in [-0.15, -0.1) is 0 Å². The maximum Gasteiger partial charge on any atom is 0.258 e. The largest absolute Gasteiger partial charge is 0.483 e.